The lowest BCUT2D eigenvalue weighted by Gasteiger charge is -2.48. The number of carbonyl (C=O) groups excluding carboxylic acids is 1. The molecule has 4 rings (SSSR count). The van der Waals surface area contributed by atoms with E-state index in [1.165, 1.54) is 12.1 Å². The lowest BCUT2D eigenvalue weighted by molar-refractivity contribution is 0.0159. The van der Waals surface area contributed by atoms with Crippen molar-refractivity contribution in [3.8, 4) is 0 Å². The zero-order chi connectivity index (χ0) is 15.2. The van der Waals surface area contributed by atoms with E-state index < -0.39 is 0 Å². The highest BCUT2D eigenvalue weighted by Gasteiger charge is 2.49. The van der Waals surface area contributed by atoms with Crippen LogP contribution in [0.2, 0.25) is 0 Å². The summed E-state index contributed by atoms with van der Waals surface area (Å²) in [7, 11) is 1.93. The van der Waals surface area contributed by atoms with Crippen LogP contribution in [0.15, 0.2) is 48.7 Å². The quantitative estimate of drug-likeness (QED) is 0.851. The van der Waals surface area contributed by atoms with E-state index in [4.69, 9.17) is 0 Å². The Morgan fingerprint density at radius 1 is 1.05 bits per heavy atom. The molecule has 1 aromatic carbocycles. The Hall–Kier alpha value is -2.23. The fourth-order valence-electron chi connectivity index (χ4n) is 3.80. The molecular formula is C18H21N3O. The second-order valence-electron chi connectivity index (χ2n) is 6.67. The molecule has 0 radical (unpaired) electrons. The summed E-state index contributed by atoms with van der Waals surface area (Å²) in [4.78, 5) is 16.9. The number of benzene rings is 1. The van der Waals surface area contributed by atoms with Crippen molar-refractivity contribution in [2.45, 2.75) is 6.42 Å². The normalized spacial score (nSPS) is 19.5. The lowest BCUT2D eigenvalue weighted by Crippen LogP contribution is -2.59. The van der Waals surface area contributed by atoms with Crippen molar-refractivity contribution in [3.05, 3.63) is 54.4 Å². The summed E-state index contributed by atoms with van der Waals surface area (Å²) >= 11 is 0. The number of likely N-dealkylation sites (tertiary alicyclic amines) is 1. The van der Waals surface area contributed by atoms with Crippen molar-refractivity contribution in [2.75, 3.05) is 31.1 Å². The molecule has 2 fully saturated rings. The third-order valence-corrected chi connectivity index (χ3v) is 5.06. The molecule has 0 bridgehead atoms. The fraction of sp³-hybridized carbons (Fsp3) is 0.389. The molecule has 4 nitrogen and oxygen atoms in total. The molecule has 0 aliphatic carbocycles. The molecule has 2 aromatic rings. The number of aryl methyl sites for hydroxylation is 1. The summed E-state index contributed by atoms with van der Waals surface area (Å²) in [5.41, 5.74) is 2.38. The third-order valence-electron chi connectivity index (χ3n) is 5.06. The van der Waals surface area contributed by atoms with E-state index in [1.54, 1.807) is 0 Å². The molecule has 22 heavy (non-hydrogen) atoms. The highest BCUT2D eigenvalue weighted by Crippen LogP contribution is 2.41. The molecule has 0 saturated carbocycles. The maximum Gasteiger partial charge on any atom is 0.270 e. The lowest BCUT2D eigenvalue weighted by atomic mass is 9.79. The monoisotopic (exact) mass is 295 g/mol. The van der Waals surface area contributed by atoms with Crippen LogP contribution in [0.5, 0.6) is 0 Å². The second-order valence-corrected chi connectivity index (χ2v) is 6.67. The minimum Gasteiger partial charge on any atom is -0.371 e. The van der Waals surface area contributed by atoms with Crippen LogP contribution in [0.1, 0.15) is 16.9 Å². The number of para-hydroxylation sites is 1. The van der Waals surface area contributed by atoms with Gasteiger partial charge in [-0.25, -0.2) is 0 Å². The van der Waals surface area contributed by atoms with Crippen molar-refractivity contribution < 1.29 is 4.79 Å². The predicted molar refractivity (Wildman–Crippen MR) is 87.0 cm³/mol. The molecule has 2 aliphatic rings. The molecule has 4 heteroatoms. The average Bonchev–Trinajstić information content (AvgIpc) is 3.12. The molecular weight excluding hydrogens is 274 g/mol. The van der Waals surface area contributed by atoms with Gasteiger partial charge in [0.25, 0.3) is 5.91 Å². The SMILES string of the molecule is Cn1cccc1C(=O)N1CC2(CCN(c3ccccc3)C2)C1. The van der Waals surface area contributed by atoms with Gasteiger partial charge in [0.15, 0.2) is 0 Å². The first-order chi connectivity index (χ1) is 10.7. The summed E-state index contributed by atoms with van der Waals surface area (Å²) in [5, 5.41) is 0. The van der Waals surface area contributed by atoms with Gasteiger partial charge in [-0.3, -0.25) is 4.79 Å². The maximum atomic E-state index is 12.5. The van der Waals surface area contributed by atoms with Crippen LogP contribution in [0, 0.1) is 5.41 Å². The Balaban J connectivity index is 1.41. The van der Waals surface area contributed by atoms with Gasteiger partial charge in [-0.2, -0.15) is 0 Å². The smallest absolute Gasteiger partial charge is 0.270 e. The predicted octanol–water partition coefficient (Wildman–Crippen LogP) is 2.38. The van der Waals surface area contributed by atoms with Gasteiger partial charge in [-0.15, -0.1) is 0 Å². The van der Waals surface area contributed by atoms with Crippen molar-refractivity contribution in [1.29, 1.82) is 0 Å². The minimum atomic E-state index is 0.163. The van der Waals surface area contributed by atoms with Gasteiger partial charge < -0.3 is 14.4 Å². The Kier molecular flexibility index (Phi) is 2.99. The molecule has 1 amide bonds. The molecule has 0 N–H and O–H groups in total. The van der Waals surface area contributed by atoms with Gasteiger partial charge in [-0.1, -0.05) is 18.2 Å². The number of rotatable bonds is 2. The minimum absolute atomic E-state index is 0.163. The van der Waals surface area contributed by atoms with E-state index in [0.717, 1.165) is 31.9 Å². The first kappa shape index (κ1) is 13.4. The Morgan fingerprint density at radius 3 is 2.50 bits per heavy atom. The standard InChI is InChI=1S/C18H21N3O/c1-19-10-5-8-16(19)17(22)21-13-18(14-21)9-11-20(12-18)15-6-3-2-4-7-15/h2-8,10H,9,11-14H2,1H3. The van der Waals surface area contributed by atoms with Crippen molar-refractivity contribution in [1.82, 2.24) is 9.47 Å². The Labute approximate surface area is 130 Å². The van der Waals surface area contributed by atoms with Crippen LogP contribution < -0.4 is 4.90 Å². The summed E-state index contributed by atoms with van der Waals surface area (Å²) < 4.78 is 1.90. The third kappa shape index (κ3) is 2.10. The maximum absolute atomic E-state index is 12.5. The second kappa shape index (κ2) is 4.90. The number of amides is 1. The summed E-state index contributed by atoms with van der Waals surface area (Å²) in [5.74, 6) is 0.163. The number of carbonyl (C=O) groups is 1. The summed E-state index contributed by atoms with van der Waals surface area (Å²) in [6, 6.07) is 14.4. The topological polar surface area (TPSA) is 28.5 Å². The molecule has 114 valence electrons. The van der Waals surface area contributed by atoms with Crippen molar-refractivity contribution in [2.24, 2.45) is 12.5 Å². The molecule has 2 aliphatic heterocycles. The highest BCUT2D eigenvalue weighted by molar-refractivity contribution is 5.93. The van der Waals surface area contributed by atoms with Gasteiger partial charge in [0.05, 0.1) is 0 Å². The number of anilines is 1. The number of hydrogen-bond acceptors (Lipinski definition) is 2. The van der Waals surface area contributed by atoms with E-state index in [-0.39, 0.29) is 5.91 Å². The largest absolute Gasteiger partial charge is 0.371 e. The highest BCUT2D eigenvalue weighted by atomic mass is 16.2. The number of hydrogen-bond donors (Lipinski definition) is 0. The first-order valence-electron chi connectivity index (χ1n) is 7.88. The molecule has 3 heterocycles. The van der Waals surface area contributed by atoms with Crippen molar-refractivity contribution >= 4 is 11.6 Å². The van der Waals surface area contributed by atoms with E-state index in [9.17, 15) is 4.79 Å². The fourth-order valence-corrected chi connectivity index (χ4v) is 3.80. The van der Waals surface area contributed by atoms with Gasteiger partial charge in [0, 0.05) is 50.5 Å². The molecule has 0 unspecified atom stereocenters. The van der Waals surface area contributed by atoms with Crippen molar-refractivity contribution in [3.63, 3.8) is 0 Å². The summed E-state index contributed by atoms with van der Waals surface area (Å²) in [6.45, 7) is 3.94. The molecule has 1 spiro atoms. The first-order valence-corrected chi connectivity index (χ1v) is 7.88. The Bertz CT molecular complexity index is 685. The van der Waals surface area contributed by atoms with E-state index in [0.29, 0.717) is 5.41 Å². The van der Waals surface area contributed by atoms with Crippen LogP contribution in [0.25, 0.3) is 0 Å². The van der Waals surface area contributed by atoms with Crippen LogP contribution in [-0.4, -0.2) is 41.6 Å². The van der Waals surface area contributed by atoms with Crippen LogP contribution >= 0.6 is 0 Å². The van der Waals surface area contributed by atoms with E-state index >= 15 is 0 Å². The van der Waals surface area contributed by atoms with E-state index in [1.807, 2.05) is 34.8 Å². The molecule has 2 saturated heterocycles. The van der Waals surface area contributed by atoms with Gasteiger partial charge in [-0.05, 0) is 30.7 Å². The summed E-state index contributed by atoms with van der Waals surface area (Å²) in [6.07, 6.45) is 3.11. The van der Waals surface area contributed by atoms with Gasteiger partial charge in [0.2, 0.25) is 0 Å². The average molecular weight is 295 g/mol. The number of aromatic nitrogens is 1. The Morgan fingerprint density at radius 2 is 1.82 bits per heavy atom. The van der Waals surface area contributed by atoms with Gasteiger partial charge >= 0.3 is 0 Å². The van der Waals surface area contributed by atoms with Crippen LogP contribution in [-0.2, 0) is 7.05 Å². The zero-order valence-corrected chi connectivity index (χ0v) is 12.9. The van der Waals surface area contributed by atoms with E-state index in [2.05, 4.69) is 35.2 Å². The van der Waals surface area contributed by atoms with Gasteiger partial charge in [0.1, 0.15) is 5.69 Å². The van der Waals surface area contributed by atoms with Crippen LogP contribution in [0.3, 0.4) is 0 Å². The number of nitrogens with zero attached hydrogens (tertiary/aromatic N) is 3. The molecule has 1 aromatic heterocycles. The molecule has 0 atom stereocenters. The zero-order valence-electron chi connectivity index (χ0n) is 12.9. The van der Waals surface area contributed by atoms with Crippen LogP contribution in [0.4, 0.5) is 5.69 Å².